The fourth-order valence-electron chi connectivity index (χ4n) is 2.13. The number of hydrogen-bond acceptors (Lipinski definition) is 7. The van der Waals surface area contributed by atoms with Gasteiger partial charge >= 0.3 is 7.48 Å². The van der Waals surface area contributed by atoms with Crippen molar-refractivity contribution in [3.63, 3.8) is 0 Å². The number of benzene rings is 1. The fourth-order valence-corrected chi connectivity index (χ4v) is 2.13. The summed E-state index contributed by atoms with van der Waals surface area (Å²) < 4.78 is 21.9. The Morgan fingerprint density at radius 3 is 2.44 bits per heavy atom. The molecule has 27 heavy (non-hydrogen) atoms. The Bertz CT molecular complexity index is 762. The molecule has 0 saturated carbocycles. The van der Waals surface area contributed by atoms with Gasteiger partial charge in [-0.2, -0.15) is 0 Å². The van der Waals surface area contributed by atoms with Crippen LogP contribution in [0.15, 0.2) is 30.6 Å². The van der Waals surface area contributed by atoms with Crippen LogP contribution < -0.4 is 14.9 Å². The summed E-state index contributed by atoms with van der Waals surface area (Å²) in [6.45, 7) is 7.26. The molecular formula is C19H27BN2O5. The van der Waals surface area contributed by atoms with E-state index in [2.05, 4.69) is 9.97 Å². The quantitative estimate of drug-likeness (QED) is 0.528. The summed E-state index contributed by atoms with van der Waals surface area (Å²) in [4.78, 5) is 8.31. The minimum atomic E-state index is -0.988. The van der Waals surface area contributed by atoms with Crippen molar-refractivity contribution in [3.05, 3.63) is 30.6 Å². The van der Waals surface area contributed by atoms with Crippen molar-refractivity contribution in [2.45, 2.75) is 38.9 Å². The fraction of sp³-hybridized carbons (Fsp3) is 0.474. The van der Waals surface area contributed by atoms with Crippen molar-refractivity contribution in [1.82, 2.24) is 9.97 Å². The summed E-state index contributed by atoms with van der Waals surface area (Å²) in [5, 5.41) is 10.3. The van der Waals surface area contributed by atoms with E-state index in [9.17, 15) is 5.11 Å². The van der Waals surface area contributed by atoms with Gasteiger partial charge in [0.05, 0.1) is 24.0 Å². The highest BCUT2D eigenvalue weighted by atomic mass is 16.7. The Labute approximate surface area is 160 Å². The first-order valence-electron chi connectivity index (χ1n) is 8.65. The second kappa shape index (κ2) is 8.69. The van der Waals surface area contributed by atoms with Crippen molar-refractivity contribution in [2.75, 3.05) is 21.0 Å². The third kappa shape index (κ3) is 5.41. The van der Waals surface area contributed by atoms with E-state index in [-0.39, 0.29) is 14.3 Å². The van der Waals surface area contributed by atoms with Crippen LogP contribution in [-0.2, 0) is 9.39 Å². The molecule has 1 aromatic heterocycles. The topological polar surface area (TPSA) is 82.9 Å². The molecule has 0 saturated heterocycles. The van der Waals surface area contributed by atoms with E-state index in [4.69, 9.17) is 18.9 Å². The zero-order valence-corrected chi connectivity index (χ0v) is 16.8. The SMILES string of the molecule is COCOc1cc(-c2cc(OC)ncn2)ccc1BOC(C)(C)C(C)(C)O. The molecule has 8 heteroatoms. The summed E-state index contributed by atoms with van der Waals surface area (Å²) in [5.41, 5.74) is 0.692. The van der Waals surface area contributed by atoms with Gasteiger partial charge in [0, 0.05) is 18.7 Å². The van der Waals surface area contributed by atoms with Gasteiger partial charge in [-0.1, -0.05) is 12.1 Å². The molecule has 0 spiro atoms. The first-order valence-corrected chi connectivity index (χ1v) is 8.65. The number of hydrogen-bond donors (Lipinski definition) is 1. The lowest BCUT2D eigenvalue weighted by Crippen LogP contribution is -2.49. The molecular weight excluding hydrogens is 347 g/mol. The van der Waals surface area contributed by atoms with Crippen molar-refractivity contribution in [3.8, 4) is 22.9 Å². The Hall–Kier alpha value is -2.16. The van der Waals surface area contributed by atoms with E-state index < -0.39 is 11.2 Å². The second-order valence-electron chi connectivity index (χ2n) is 7.18. The number of rotatable bonds is 9. The minimum absolute atomic E-state index is 0.110. The molecule has 2 rings (SSSR count). The van der Waals surface area contributed by atoms with Gasteiger partial charge in [0.2, 0.25) is 5.88 Å². The standard InChI is InChI=1S/C19H27BN2O5/c1-18(2,23)19(3,4)27-20-14-8-7-13(9-16(14)26-12-24-5)15-10-17(25-6)22-11-21-15/h7-11,20,23H,12H2,1-6H3. The van der Waals surface area contributed by atoms with E-state index in [1.54, 1.807) is 34.1 Å². The van der Waals surface area contributed by atoms with Crippen LogP contribution in [0.2, 0.25) is 0 Å². The highest BCUT2D eigenvalue weighted by Crippen LogP contribution is 2.26. The van der Waals surface area contributed by atoms with Crippen molar-refractivity contribution >= 4 is 12.9 Å². The Morgan fingerprint density at radius 2 is 1.81 bits per heavy atom. The number of methoxy groups -OCH3 is 2. The molecule has 0 aliphatic heterocycles. The van der Waals surface area contributed by atoms with E-state index >= 15 is 0 Å². The number of aromatic nitrogens is 2. The van der Waals surface area contributed by atoms with Gasteiger partial charge < -0.3 is 24.0 Å². The third-order valence-corrected chi connectivity index (χ3v) is 4.61. The molecule has 0 aliphatic rings. The minimum Gasteiger partial charge on any atom is -0.481 e. The Morgan fingerprint density at radius 1 is 1.07 bits per heavy atom. The molecule has 1 N–H and O–H groups in total. The van der Waals surface area contributed by atoms with Gasteiger partial charge in [-0.05, 0) is 39.2 Å². The smallest absolute Gasteiger partial charge is 0.313 e. The third-order valence-electron chi connectivity index (χ3n) is 4.61. The molecule has 0 amide bonds. The summed E-state index contributed by atoms with van der Waals surface area (Å²) >= 11 is 0. The van der Waals surface area contributed by atoms with Crippen LogP contribution in [-0.4, -0.2) is 54.8 Å². The molecule has 7 nitrogen and oxygen atoms in total. The predicted molar refractivity (Wildman–Crippen MR) is 105 cm³/mol. The van der Waals surface area contributed by atoms with Gasteiger partial charge in [-0.15, -0.1) is 0 Å². The lowest BCUT2D eigenvalue weighted by Gasteiger charge is -2.37. The number of aliphatic hydroxyl groups is 1. The maximum absolute atomic E-state index is 10.3. The lowest BCUT2D eigenvalue weighted by atomic mass is 9.81. The van der Waals surface area contributed by atoms with Crippen LogP contribution in [0, 0.1) is 0 Å². The van der Waals surface area contributed by atoms with Gasteiger partial charge in [-0.3, -0.25) is 0 Å². The second-order valence-corrected chi connectivity index (χ2v) is 7.18. The van der Waals surface area contributed by atoms with Crippen LogP contribution >= 0.6 is 0 Å². The predicted octanol–water partition coefficient (Wildman–Crippen LogP) is 1.68. The normalized spacial score (nSPS) is 12.0. The van der Waals surface area contributed by atoms with Gasteiger partial charge in [-0.25, -0.2) is 9.97 Å². The molecule has 0 radical (unpaired) electrons. The molecule has 0 bridgehead atoms. The largest absolute Gasteiger partial charge is 0.481 e. The molecule has 2 aromatic rings. The Kier molecular flexibility index (Phi) is 6.81. The zero-order chi connectivity index (χ0) is 20.1. The molecule has 1 aromatic carbocycles. The van der Waals surface area contributed by atoms with Crippen LogP contribution in [0.5, 0.6) is 11.6 Å². The maximum atomic E-state index is 10.3. The average Bonchev–Trinajstić information content (AvgIpc) is 2.64. The van der Waals surface area contributed by atoms with Crippen LogP contribution in [0.25, 0.3) is 11.3 Å². The Balaban J connectivity index is 2.29. The van der Waals surface area contributed by atoms with Crippen molar-refractivity contribution in [1.29, 1.82) is 0 Å². The number of ether oxygens (including phenoxy) is 3. The van der Waals surface area contributed by atoms with E-state index in [0.29, 0.717) is 17.3 Å². The van der Waals surface area contributed by atoms with Gasteiger partial charge in [0.1, 0.15) is 12.1 Å². The summed E-state index contributed by atoms with van der Waals surface area (Å²) in [6, 6.07) is 7.46. The summed E-state index contributed by atoms with van der Waals surface area (Å²) in [5.74, 6) is 1.11. The highest BCUT2D eigenvalue weighted by molar-refractivity contribution is 6.48. The number of nitrogens with zero attached hydrogens (tertiary/aromatic N) is 2. The molecule has 146 valence electrons. The van der Waals surface area contributed by atoms with E-state index in [1.807, 2.05) is 32.0 Å². The van der Waals surface area contributed by atoms with E-state index in [1.165, 1.54) is 6.33 Å². The van der Waals surface area contributed by atoms with Crippen LogP contribution in [0.4, 0.5) is 0 Å². The van der Waals surface area contributed by atoms with Crippen molar-refractivity contribution in [2.24, 2.45) is 0 Å². The van der Waals surface area contributed by atoms with Crippen LogP contribution in [0.1, 0.15) is 27.7 Å². The molecule has 0 atom stereocenters. The molecule has 0 unspecified atom stereocenters. The average molecular weight is 374 g/mol. The molecule has 0 aliphatic carbocycles. The molecule has 0 fully saturated rings. The van der Waals surface area contributed by atoms with E-state index in [0.717, 1.165) is 11.0 Å². The highest BCUT2D eigenvalue weighted by Gasteiger charge is 2.35. The maximum Gasteiger partial charge on any atom is 0.313 e. The first kappa shape index (κ1) is 21.1. The van der Waals surface area contributed by atoms with Crippen molar-refractivity contribution < 1.29 is 24.0 Å². The molecule has 1 heterocycles. The first-order chi connectivity index (χ1) is 12.7. The summed E-state index contributed by atoms with van der Waals surface area (Å²) in [7, 11) is 3.40. The van der Waals surface area contributed by atoms with Gasteiger partial charge in [0.25, 0.3) is 0 Å². The monoisotopic (exact) mass is 374 g/mol. The summed E-state index contributed by atoms with van der Waals surface area (Å²) in [6.07, 6.45) is 1.45. The van der Waals surface area contributed by atoms with Crippen LogP contribution in [0.3, 0.4) is 0 Å². The van der Waals surface area contributed by atoms with Gasteiger partial charge in [0.15, 0.2) is 6.79 Å². The lowest BCUT2D eigenvalue weighted by molar-refractivity contribution is -0.0893. The zero-order valence-electron chi connectivity index (χ0n) is 16.8.